The number of nitrogens with one attached hydrogen (secondary N) is 1. The standard InChI is InChI=1S/C14H26N2OS/c1-18-12-6-4-5-11(9-12)16-13(17)10-14(15)7-2-3-8-14/h11-12H,2-10,15H2,1H3,(H,16,17). The van der Waals surface area contributed by atoms with Crippen molar-refractivity contribution in [2.45, 2.75) is 74.6 Å². The molecule has 0 saturated heterocycles. The fourth-order valence-electron chi connectivity index (χ4n) is 3.34. The first-order valence-electron chi connectivity index (χ1n) is 7.22. The molecule has 0 heterocycles. The van der Waals surface area contributed by atoms with Crippen molar-refractivity contribution in [2.24, 2.45) is 5.73 Å². The predicted octanol–water partition coefficient (Wildman–Crippen LogP) is 2.44. The van der Waals surface area contributed by atoms with Gasteiger partial charge in [0.25, 0.3) is 0 Å². The molecule has 0 spiro atoms. The monoisotopic (exact) mass is 270 g/mol. The number of carbonyl (C=O) groups excluding carboxylic acids is 1. The summed E-state index contributed by atoms with van der Waals surface area (Å²) in [7, 11) is 0. The van der Waals surface area contributed by atoms with Gasteiger partial charge in [0.05, 0.1) is 0 Å². The second kappa shape index (κ2) is 6.29. The van der Waals surface area contributed by atoms with Crippen molar-refractivity contribution in [1.82, 2.24) is 5.32 Å². The summed E-state index contributed by atoms with van der Waals surface area (Å²) < 4.78 is 0. The molecule has 18 heavy (non-hydrogen) atoms. The van der Waals surface area contributed by atoms with Gasteiger partial charge in [-0.1, -0.05) is 19.3 Å². The highest BCUT2D eigenvalue weighted by atomic mass is 32.2. The molecule has 0 aromatic heterocycles. The van der Waals surface area contributed by atoms with Gasteiger partial charge in [-0.05, 0) is 38.4 Å². The molecule has 2 unspecified atom stereocenters. The molecule has 104 valence electrons. The van der Waals surface area contributed by atoms with Crippen LogP contribution in [0.1, 0.15) is 57.8 Å². The van der Waals surface area contributed by atoms with E-state index in [1.165, 1.54) is 25.7 Å². The number of amides is 1. The molecule has 1 amide bonds. The Morgan fingerprint density at radius 3 is 2.72 bits per heavy atom. The topological polar surface area (TPSA) is 55.1 Å². The lowest BCUT2D eigenvalue weighted by atomic mass is 9.92. The lowest BCUT2D eigenvalue weighted by molar-refractivity contribution is -0.123. The van der Waals surface area contributed by atoms with Crippen LogP contribution in [0.5, 0.6) is 0 Å². The van der Waals surface area contributed by atoms with Crippen molar-refractivity contribution in [3.8, 4) is 0 Å². The Bertz CT molecular complexity index is 290. The minimum absolute atomic E-state index is 0.172. The molecule has 2 atom stereocenters. The second-order valence-corrected chi connectivity index (χ2v) is 7.17. The van der Waals surface area contributed by atoms with Crippen LogP contribution in [0.3, 0.4) is 0 Å². The molecule has 3 nitrogen and oxygen atoms in total. The first kappa shape index (κ1) is 14.2. The summed E-state index contributed by atoms with van der Waals surface area (Å²) >= 11 is 1.93. The van der Waals surface area contributed by atoms with Crippen LogP contribution >= 0.6 is 11.8 Å². The average molecular weight is 270 g/mol. The third kappa shape index (κ3) is 3.89. The zero-order valence-electron chi connectivity index (χ0n) is 11.4. The van der Waals surface area contributed by atoms with Crippen LogP contribution in [-0.4, -0.2) is 29.0 Å². The Labute approximate surface area is 115 Å². The summed E-state index contributed by atoms with van der Waals surface area (Å²) in [6, 6.07) is 0.383. The smallest absolute Gasteiger partial charge is 0.222 e. The van der Waals surface area contributed by atoms with Crippen molar-refractivity contribution in [3.63, 3.8) is 0 Å². The van der Waals surface area contributed by atoms with Crippen molar-refractivity contribution >= 4 is 17.7 Å². The van der Waals surface area contributed by atoms with Crippen molar-refractivity contribution < 1.29 is 4.79 Å². The molecule has 0 aromatic rings. The zero-order valence-corrected chi connectivity index (χ0v) is 12.2. The van der Waals surface area contributed by atoms with E-state index in [-0.39, 0.29) is 11.4 Å². The largest absolute Gasteiger partial charge is 0.353 e. The third-order valence-corrected chi connectivity index (χ3v) is 5.53. The summed E-state index contributed by atoms with van der Waals surface area (Å²) in [5.41, 5.74) is 6.04. The van der Waals surface area contributed by atoms with E-state index in [2.05, 4.69) is 11.6 Å². The van der Waals surface area contributed by atoms with Gasteiger partial charge in [0, 0.05) is 23.3 Å². The Kier molecular flexibility index (Phi) is 4.96. The molecular formula is C14H26N2OS. The maximum atomic E-state index is 12.1. The van der Waals surface area contributed by atoms with E-state index in [9.17, 15) is 4.79 Å². The first-order valence-corrected chi connectivity index (χ1v) is 8.51. The predicted molar refractivity (Wildman–Crippen MR) is 77.7 cm³/mol. The van der Waals surface area contributed by atoms with E-state index in [4.69, 9.17) is 5.73 Å². The summed E-state index contributed by atoms with van der Waals surface area (Å²) in [5, 5.41) is 3.93. The summed E-state index contributed by atoms with van der Waals surface area (Å²) in [5.74, 6) is 0.172. The van der Waals surface area contributed by atoms with Gasteiger partial charge in [-0.15, -0.1) is 0 Å². The lowest BCUT2D eigenvalue weighted by Crippen LogP contribution is -2.46. The van der Waals surface area contributed by atoms with E-state index < -0.39 is 0 Å². The number of hydrogen-bond acceptors (Lipinski definition) is 3. The normalized spacial score (nSPS) is 31.2. The summed E-state index contributed by atoms with van der Waals surface area (Å²) in [6.07, 6.45) is 11.9. The molecule has 2 rings (SSSR count). The maximum Gasteiger partial charge on any atom is 0.222 e. The van der Waals surface area contributed by atoms with E-state index in [0.717, 1.165) is 30.9 Å². The number of rotatable bonds is 4. The van der Waals surface area contributed by atoms with Crippen molar-refractivity contribution in [3.05, 3.63) is 0 Å². The number of nitrogens with two attached hydrogens (primary N) is 1. The molecule has 2 aliphatic carbocycles. The van der Waals surface area contributed by atoms with Crippen LogP contribution in [-0.2, 0) is 4.79 Å². The van der Waals surface area contributed by atoms with Crippen LogP contribution in [0.25, 0.3) is 0 Å². The van der Waals surface area contributed by atoms with Crippen LogP contribution < -0.4 is 11.1 Å². The molecule has 0 aliphatic heterocycles. The fraction of sp³-hybridized carbons (Fsp3) is 0.929. The van der Waals surface area contributed by atoms with Gasteiger partial charge >= 0.3 is 0 Å². The Morgan fingerprint density at radius 1 is 1.33 bits per heavy atom. The molecule has 2 fully saturated rings. The van der Waals surface area contributed by atoms with Gasteiger partial charge in [0.1, 0.15) is 0 Å². The first-order chi connectivity index (χ1) is 8.61. The van der Waals surface area contributed by atoms with Gasteiger partial charge in [0.2, 0.25) is 5.91 Å². The van der Waals surface area contributed by atoms with Gasteiger partial charge in [0.15, 0.2) is 0 Å². The quantitative estimate of drug-likeness (QED) is 0.825. The summed E-state index contributed by atoms with van der Waals surface area (Å²) in [4.78, 5) is 12.1. The van der Waals surface area contributed by atoms with Crippen LogP contribution in [0, 0.1) is 0 Å². The molecular weight excluding hydrogens is 244 g/mol. The zero-order chi connectivity index (χ0) is 13.0. The van der Waals surface area contributed by atoms with Crippen LogP contribution in [0.15, 0.2) is 0 Å². The average Bonchev–Trinajstić information content (AvgIpc) is 2.75. The van der Waals surface area contributed by atoms with Crippen molar-refractivity contribution in [1.29, 1.82) is 0 Å². The third-order valence-electron chi connectivity index (χ3n) is 4.44. The molecule has 2 aliphatic rings. The SMILES string of the molecule is CSC1CCCC(NC(=O)CC2(N)CCCC2)C1. The van der Waals surface area contributed by atoms with Crippen LogP contribution in [0.2, 0.25) is 0 Å². The van der Waals surface area contributed by atoms with Gasteiger partial charge in [-0.25, -0.2) is 0 Å². The molecule has 0 radical (unpaired) electrons. The van der Waals surface area contributed by atoms with E-state index in [0.29, 0.717) is 12.5 Å². The highest BCUT2D eigenvalue weighted by Crippen LogP contribution is 2.31. The molecule has 4 heteroatoms. The van der Waals surface area contributed by atoms with Gasteiger partial charge in [-0.3, -0.25) is 4.79 Å². The molecule has 0 bridgehead atoms. The summed E-state index contributed by atoms with van der Waals surface area (Å²) in [6.45, 7) is 0. The van der Waals surface area contributed by atoms with E-state index in [1.807, 2.05) is 11.8 Å². The Balaban J connectivity index is 1.76. The van der Waals surface area contributed by atoms with Gasteiger partial charge < -0.3 is 11.1 Å². The highest BCUT2D eigenvalue weighted by Gasteiger charge is 2.32. The minimum atomic E-state index is -0.211. The maximum absolute atomic E-state index is 12.1. The van der Waals surface area contributed by atoms with Crippen LogP contribution in [0.4, 0.5) is 0 Å². The fourth-order valence-corrected chi connectivity index (χ4v) is 4.17. The molecule has 0 aromatic carbocycles. The number of carbonyl (C=O) groups is 1. The Hall–Kier alpha value is -0.220. The highest BCUT2D eigenvalue weighted by molar-refractivity contribution is 7.99. The molecule has 2 saturated carbocycles. The van der Waals surface area contributed by atoms with Crippen molar-refractivity contribution in [2.75, 3.05) is 6.26 Å². The lowest BCUT2D eigenvalue weighted by Gasteiger charge is -2.30. The number of thioether (sulfide) groups is 1. The minimum Gasteiger partial charge on any atom is -0.353 e. The Morgan fingerprint density at radius 2 is 2.06 bits per heavy atom. The van der Waals surface area contributed by atoms with Gasteiger partial charge in [-0.2, -0.15) is 11.8 Å². The molecule has 3 N–H and O–H groups in total. The van der Waals surface area contributed by atoms with E-state index in [1.54, 1.807) is 0 Å². The number of hydrogen-bond donors (Lipinski definition) is 2. The second-order valence-electron chi connectivity index (χ2n) is 6.04. The van der Waals surface area contributed by atoms with E-state index >= 15 is 0 Å².